The molecule has 0 unspecified atom stereocenters. The molecule has 1 saturated heterocycles. The molecule has 31 heavy (non-hydrogen) atoms. The molecule has 0 radical (unpaired) electrons. The van der Waals surface area contributed by atoms with Gasteiger partial charge in [0.2, 0.25) is 5.56 Å². The van der Waals surface area contributed by atoms with Crippen molar-refractivity contribution in [3.8, 4) is 5.69 Å². The average Bonchev–Trinajstić information content (AvgIpc) is 3.19. The van der Waals surface area contributed by atoms with E-state index in [1.165, 1.54) is 49.3 Å². The maximum atomic E-state index is 12.8. The minimum Gasteiger partial charge on any atom is -0.320 e. The van der Waals surface area contributed by atoms with Crippen molar-refractivity contribution in [2.24, 2.45) is 5.92 Å². The van der Waals surface area contributed by atoms with Crippen molar-refractivity contribution in [1.82, 2.24) is 24.6 Å². The second kappa shape index (κ2) is 8.83. The number of piperidine rings is 1. The van der Waals surface area contributed by atoms with Gasteiger partial charge in [0.1, 0.15) is 5.82 Å². The molecular formula is C24H31N5O2. The van der Waals surface area contributed by atoms with Crippen LogP contribution in [0.5, 0.6) is 0 Å². The van der Waals surface area contributed by atoms with E-state index in [1.807, 2.05) is 18.2 Å². The van der Waals surface area contributed by atoms with Crippen molar-refractivity contribution in [1.29, 1.82) is 0 Å². The molecular weight excluding hydrogens is 390 g/mol. The number of hydrogen-bond donors (Lipinski definition) is 2. The third-order valence-electron chi connectivity index (χ3n) is 7.07. The van der Waals surface area contributed by atoms with Crippen LogP contribution in [0.15, 0.2) is 39.9 Å². The molecule has 164 valence electrons. The van der Waals surface area contributed by atoms with Crippen LogP contribution < -0.4 is 11.2 Å². The topological polar surface area (TPSA) is 86.8 Å². The second-order valence-corrected chi connectivity index (χ2v) is 9.22. The van der Waals surface area contributed by atoms with Crippen LogP contribution >= 0.6 is 0 Å². The van der Waals surface area contributed by atoms with E-state index in [-0.39, 0.29) is 17.2 Å². The Kier molecular flexibility index (Phi) is 5.76. The number of nitrogens with zero attached hydrogens (tertiary/aromatic N) is 3. The highest BCUT2D eigenvalue weighted by Gasteiger charge is 2.26. The maximum absolute atomic E-state index is 12.8. The highest BCUT2D eigenvalue weighted by atomic mass is 16.2. The van der Waals surface area contributed by atoms with Gasteiger partial charge in [-0.05, 0) is 50.4 Å². The van der Waals surface area contributed by atoms with Crippen molar-refractivity contribution in [3.63, 3.8) is 0 Å². The first-order valence-corrected chi connectivity index (χ1v) is 11.7. The molecule has 1 atom stereocenters. The van der Waals surface area contributed by atoms with E-state index >= 15 is 0 Å². The van der Waals surface area contributed by atoms with Gasteiger partial charge in [-0.3, -0.25) is 9.78 Å². The molecule has 3 aromatic rings. The van der Waals surface area contributed by atoms with E-state index in [0.29, 0.717) is 11.2 Å². The van der Waals surface area contributed by atoms with Gasteiger partial charge in [0, 0.05) is 23.9 Å². The van der Waals surface area contributed by atoms with E-state index in [1.54, 1.807) is 6.07 Å². The number of fused-ring (bicyclic) bond motifs is 1. The first kappa shape index (κ1) is 20.2. The molecule has 7 heteroatoms. The fraction of sp³-hybridized carbons (Fsp3) is 0.542. The lowest BCUT2D eigenvalue weighted by Gasteiger charge is -2.33. The number of aromatic nitrogens is 4. The van der Waals surface area contributed by atoms with E-state index in [0.717, 1.165) is 49.6 Å². The molecule has 0 spiro atoms. The molecule has 2 N–H and O–H groups in total. The van der Waals surface area contributed by atoms with Crippen LogP contribution in [0.1, 0.15) is 63.1 Å². The summed E-state index contributed by atoms with van der Waals surface area (Å²) < 4.78 is 1.40. The lowest BCUT2D eigenvalue weighted by molar-refractivity contribution is 0.182. The number of para-hydroxylation sites is 1. The van der Waals surface area contributed by atoms with Gasteiger partial charge in [-0.1, -0.05) is 44.2 Å². The van der Waals surface area contributed by atoms with Crippen LogP contribution in [0, 0.1) is 5.92 Å². The summed E-state index contributed by atoms with van der Waals surface area (Å²) in [5.41, 5.74) is 0.789. The van der Waals surface area contributed by atoms with Gasteiger partial charge in [0.25, 0.3) is 0 Å². The van der Waals surface area contributed by atoms with Crippen LogP contribution in [-0.4, -0.2) is 44.3 Å². The Morgan fingerprint density at radius 1 is 0.968 bits per heavy atom. The third kappa shape index (κ3) is 4.37. The van der Waals surface area contributed by atoms with Crippen molar-refractivity contribution < 1.29 is 0 Å². The molecule has 5 rings (SSSR count). The Labute approximate surface area is 181 Å². The van der Waals surface area contributed by atoms with Gasteiger partial charge >= 0.3 is 5.69 Å². The van der Waals surface area contributed by atoms with E-state index < -0.39 is 0 Å². The van der Waals surface area contributed by atoms with Gasteiger partial charge in [-0.15, -0.1) is 5.10 Å². The molecule has 2 fully saturated rings. The summed E-state index contributed by atoms with van der Waals surface area (Å²) in [7, 11) is 0. The zero-order valence-electron chi connectivity index (χ0n) is 18.0. The van der Waals surface area contributed by atoms with E-state index in [9.17, 15) is 9.59 Å². The number of rotatable bonds is 5. The monoisotopic (exact) mass is 421 g/mol. The van der Waals surface area contributed by atoms with Crippen molar-refractivity contribution in [3.05, 3.63) is 57.0 Å². The molecule has 0 bridgehead atoms. The number of benzene rings is 1. The van der Waals surface area contributed by atoms with Crippen LogP contribution in [0.2, 0.25) is 0 Å². The lowest BCUT2D eigenvalue weighted by Crippen LogP contribution is -2.36. The first-order chi connectivity index (χ1) is 15.2. The van der Waals surface area contributed by atoms with Crippen LogP contribution in [0.4, 0.5) is 0 Å². The molecule has 1 saturated carbocycles. The smallest absolute Gasteiger partial charge is 0.320 e. The van der Waals surface area contributed by atoms with Crippen molar-refractivity contribution in [2.45, 2.75) is 57.3 Å². The first-order valence-electron chi connectivity index (χ1n) is 11.7. The molecule has 1 aliphatic carbocycles. The van der Waals surface area contributed by atoms with E-state index in [4.69, 9.17) is 0 Å². The lowest BCUT2D eigenvalue weighted by atomic mass is 9.86. The fourth-order valence-corrected chi connectivity index (χ4v) is 5.35. The predicted molar refractivity (Wildman–Crippen MR) is 122 cm³/mol. The van der Waals surface area contributed by atoms with Crippen LogP contribution in [0.3, 0.4) is 0 Å². The number of H-pyrrole nitrogens is 2. The highest BCUT2D eigenvalue weighted by Crippen LogP contribution is 2.29. The summed E-state index contributed by atoms with van der Waals surface area (Å²) in [5, 5.41) is 5.54. The average molecular weight is 422 g/mol. The minimum absolute atomic E-state index is 0.190. The zero-order chi connectivity index (χ0) is 21.2. The Balaban J connectivity index is 1.34. The summed E-state index contributed by atoms with van der Waals surface area (Å²) in [6, 6.07) is 8.88. The Morgan fingerprint density at radius 3 is 2.71 bits per heavy atom. The quantitative estimate of drug-likeness (QED) is 0.660. The Bertz CT molecular complexity index is 1150. The number of likely N-dealkylation sites (tertiary alicyclic amines) is 1. The van der Waals surface area contributed by atoms with Gasteiger partial charge < -0.3 is 9.88 Å². The summed E-state index contributed by atoms with van der Waals surface area (Å²) >= 11 is 0. The summed E-state index contributed by atoms with van der Waals surface area (Å²) in [6.07, 6.45) is 10.4. The second-order valence-electron chi connectivity index (χ2n) is 9.22. The number of hydrogen-bond acceptors (Lipinski definition) is 4. The minimum atomic E-state index is -0.258. The third-order valence-corrected chi connectivity index (χ3v) is 7.07. The number of pyridine rings is 1. The van der Waals surface area contributed by atoms with Gasteiger partial charge in [-0.25, -0.2) is 4.79 Å². The molecule has 0 amide bonds. The van der Waals surface area contributed by atoms with Crippen LogP contribution in [0.25, 0.3) is 16.6 Å². The maximum Gasteiger partial charge on any atom is 0.348 e. The normalized spacial score (nSPS) is 21.0. The molecule has 3 heterocycles. The summed E-state index contributed by atoms with van der Waals surface area (Å²) in [4.78, 5) is 33.0. The number of aromatic amines is 2. The van der Waals surface area contributed by atoms with Gasteiger partial charge in [-0.2, -0.15) is 4.68 Å². The summed E-state index contributed by atoms with van der Waals surface area (Å²) in [5.74, 6) is 1.88. The zero-order valence-corrected chi connectivity index (χ0v) is 18.0. The fourth-order valence-electron chi connectivity index (χ4n) is 5.35. The van der Waals surface area contributed by atoms with Gasteiger partial charge in [0.15, 0.2) is 0 Å². The van der Waals surface area contributed by atoms with Crippen molar-refractivity contribution >= 4 is 10.9 Å². The Hall–Kier alpha value is -2.67. The molecule has 7 nitrogen and oxygen atoms in total. The molecule has 1 aromatic carbocycles. The van der Waals surface area contributed by atoms with E-state index in [2.05, 4.69) is 20.0 Å². The van der Waals surface area contributed by atoms with Gasteiger partial charge in [0.05, 0.1) is 11.2 Å². The largest absolute Gasteiger partial charge is 0.348 e. The molecule has 2 aromatic heterocycles. The highest BCUT2D eigenvalue weighted by molar-refractivity contribution is 5.85. The number of nitrogens with one attached hydrogen (secondary N) is 2. The SMILES string of the molecule is O=c1ccc2cccc(-n3nc([C@H]4CCCN(CCC5CCCCC5)C4)[nH]c3=O)c2[nH]1. The summed E-state index contributed by atoms with van der Waals surface area (Å²) in [6.45, 7) is 3.24. The predicted octanol–water partition coefficient (Wildman–Crippen LogP) is 3.55. The molecule has 2 aliphatic rings. The van der Waals surface area contributed by atoms with Crippen LogP contribution in [-0.2, 0) is 0 Å². The molecule has 1 aliphatic heterocycles. The standard InChI is InChI=1S/C24H31N5O2/c30-21-12-11-18-8-4-10-20(22(18)25-21)29-24(31)26-23(27-29)19-9-5-14-28(16-19)15-13-17-6-2-1-3-7-17/h4,8,10-12,17,19H,1-3,5-7,9,13-16H2,(H,25,30)(H,26,27,31)/t19-/m0/s1. The Morgan fingerprint density at radius 2 is 1.84 bits per heavy atom. The van der Waals surface area contributed by atoms with Crippen molar-refractivity contribution in [2.75, 3.05) is 19.6 Å².